The minimum Gasteiger partial charge on any atom is -0.373 e. The molecule has 3 rings (SSSR count). The Bertz CT molecular complexity index is 536. The molecule has 1 fully saturated rings. The summed E-state index contributed by atoms with van der Waals surface area (Å²) in [6.07, 6.45) is 5.33. The van der Waals surface area contributed by atoms with Crippen molar-refractivity contribution >= 4 is 0 Å². The second-order valence-electron chi connectivity index (χ2n) is 6.04. The quantitative estimate of drug-likeness (QED) is 0.706. The van der Waals surface area contributed by atoms with E-state index < -0.39 is 0 Å². The lowest BCUT2D eigenvalue weighted by molar-refractivity contribution is -0.0194. The predicted molar refractivity (Wildman–Crippen MR) is 88.2 cm³/mol. The van der Waals surface area contributed by atoms with Crippen LogP contribution in [0.2, 0.25) is 0 Å². The number of benzene rings is 2. The van der Waals surface area contributed by atoms with Gasteiger partial charge >= 0.3 is 0 Å². The van der Waals surface area contributed by atoms with Crippen LogP contribution in [0.4, 0.5) is 0 Å². The first-order chi connectivity index (χ1) is 10.4. The summed E-state index contributed by atoms with van der Waals surface area (Å²) in [5.74, 6) is 0.773. The maximum Gasteiger partial charge on any atom is 0.0825 e. The second-order valence-corrected chi connectivity index (χ2v) is 6.04. The lowest BCUT2D eigenvalue weighted by Crippen LogP contribution is -2.20. The fourth-order valence-corrected chi connectivity index (χ4v) is 3.23. The molecule has 1 heterocycles. The van der Waals surface area contributed by atoms with Gasteiger partial charge in [0.1, 0.15) is 0 Å². The van der Waals surface area contributed by atoms with Crippen molar-refractivity contribution < 1.29 is 4.74 Å². The monoisotopic (exact) mass is 280 g/mol. The second kappa shape index (κ2) is 6.91. The number of rotatable bonds is 4. The van der Waals surface area contributed by atoms with Gasteiger partial charge in [-0.3, -0.25) is 0 Å². The molecule has 0 spiro atoms. The third-order valence-corrected chi connectivity index (χ3v) is 4.46. The zero-order valence-electron chi connectivity index (χ0n) is 12.8. The van der Waals surface area contributed by atoms with E-state index in [-0.39, 0.29) is 0 Å². The van der Waals surface area contributed by atoms with Crippen LogP contribution < -0.4 is 0 Å². The molecule has 2 aromatic carbocycles. The molecule has 1 nitrogen and oxygen atoms in total. The van der Waals surface area contributed by atoms with Crippen LogP contribution in [-0.4, -0.2) is 6.61 Å². The molecule has 0 bridgehead atoms. The van der Waals surface area contributed by atoms with E-state index in [0.29, 0.717) is 6.10 Å². The Balaban J connectivity index is 1.65. The van der Waals surface area contributed by atoms with Crippen LogP contribution in [0.5, 0.6) is 0 Å². The first kappa shape index (κ1) is 14.3. The van der Waals surface area contributed by atoms with Crippen molar-refractivity contribution in [2.45, 2.75) is 38.7 Å². The average Bonchev–Trinajstić information content (AvgIpc) is 2.57. The SMILES string of the molecule is CCCC1CCC(c2ccc(-c3ccccc3)cc2)OC1. The molecule has 1 heteroatoms. The van der Waals surface area contributed by atoms with E-state index in [4.69, 9.17) is 4.74 Å². The third kappa shape index (κ3) is 3.54. The molecule has 0 N–H and O–H groups in total. The molecule has 1 aliphatic heterocycles. The molecular formula is C20H24O. The van der Waals surface area contributed by atoms with Crippen molar-refractivity contribution in [1.82, 2.24) is 0 Å². The zero-order chi connectivity index (χ0) is 14.5. The fourth-order valence-electron chi connectivity index (χ4n) is 3.23. The fraction of sp³-hybridized carbons (Fsp3) is 0.400. The van der Waals surface area contributed by atoms with Gasteiger partial charge in [0, 0.05) is 0 Å². The van der Waals surface area contributed by atoms with Crippen LogP contribution in [0.25, 0.3) is 11.1 Å². The van der Waals surface area contributed by atoms with Gasteiger partial charge in [0.2, 0.25) is 0 Å². The van der Waals surface area contributed by atoms with Crippen LogP contribution >= 0.6 is 0 Å². The Labute approximate surface area is 128 Å². The highest BCUT2D eigenvalue weighted by Crippen LogP contribution is 2.33. The highest BCUT2D eigenvalue weighted by Gasteiger charge is 2.22. The Hall–Kier alpha value is -1.60. The summed E-state index contributed by atoms with van der Waals surface area (Å²) in [4.78, 5) is 0. The van der Waals surface area contributed by atoms with E-state index in [0.717, 1.165) is 18.9 Å². The molecule has 0 saturated carbocycles. The summed E-state index contributed by atoms with van der Waals surface area (Å²) in [5.41, 5.74) is 3.88. The highest BCUT2D eigenvalue weighted by atomic mass is 16.5. The summed E-state index contributed by atoms with van der Waals surface area (Å²) < 4.78 is 6.07. The minimum absolute atomic E-state index is 0.294. The van der Waals surface area contributed by atoms with Crippen molar-refractivity contribution in [1.29, 1.82) is 0 Å². The molecule has 0 aliphatic carbocycles. The van der Waals surface area contributed by atoms with E-state index in [9.17, 15) is 0 Å². The van der Waals surface area contributed by atoms with Gasteiger partial charge in [-0.1, -0.05) is 67.9 Å². The van der Waals surface area contributed by atoms with Crippen LogP contribution in [0.3, 0.4) is 0 Å². The van der Waals surface area contributed by atoms with E-state index >= 15 is 0 Å². The van der Waals surface area contributed by atoms with Crippen LogP contribution in [0, 0.1) is 5.92 Å². The lowest BCUT2D eigenvalue weighted by atomic mass is 9.91. The van der Waals surface area contributed by atoms with Crippen molar-refractivity contribution in [3.05, 3.63) is 60.2 Å². The van der Waals surface area contributed by atoms with Gasteiger partial charge < -0.3 is 4.74 Å². The summed E-state index contributed by atoms with van der Waals surface area (Å²) >= 11 is 0. The number of hydrogen-bond donors (Lipinski definition) is 0. The Morgan fingerprint density at radius 1 is 0.905 bits per heavy atom. The topological polar surface area (TPSA) is 9.23 Å². The van der Waals surface area contributed by atoms with Gasteiger partial charge in [0.15, 0.2) is 0 Å². The van der Waals surface area contributed by atoms with Gasteiger partial charge in [-0.15, -0.1) is 0 Å². The van der Waals surface area contributed by atoms with Gasteiger partial charge in [-0.25, -0.2) is 0 Å². The molecule has 2 unspecified atom stereocenters. The lowest BCUT2D eigenvalue weighted by Gasteiger charge is -2.29. The van der Waals surface area contributed by atoms with Gasteiger partial charge in [-0.05, 0) is 41.9 Å². The third-order valence-electron chi connectivity index (χ3n) is 4.46. The number of ether oxygens (including phenoxy) is 1. The molecule has 1 aliphatic rings. The Kier molecular flexibility index (Phi) is 4.72. The summed E-state index contributed by atoms with van der Waals surface area (Å²) in [6.45, 7) is 3.19. The van der Waals surface area contributed by atoms with Crippen molar-refractivity contribution in [2.75, 3.05) is 6.61 Å². The minimum atomic E-state index is 0.294. The summed E-state index contributed by atoms with van der Waals surface area (Å²) in [6, 6.07) is 19.4. The first-order valence-corrected chi connectivity index (χ1v) is 8.14. The standard InChI is InChI=1S/C20H24O/c1-2-6-16-9-14-20(21-15-16)19-12-10-18(11-13-19)17-7-4-3-5-8-17/h3-5,7-8,10-13,16,20H,2,6,9,14-15H2,1H3. The molecule has 21 heavy (non-hydrogen) atoms. The maximum absolute atomic E-state index is 6.07. The summed E-state index contributed by atoms with van der Waals surface area (Å²) in [7, 11) is 0. The molecule has 0 radical (unpaired) electrons. The van der Waals surface area contributed by atoms with Gasteiger partial charge in [-0.2, -0.15) is 0 Å². The van der Waals surface area contributed by atoms with Crippen LogP contribution in [-0.2, 0) is 4.74 Å². The zero-order valence-corrected chi connectivity index (χ0v) is 12.8. The van der Waals surface area contributed by atoms with Crippen LogP contribution in [0.1, 0.15) is 44.3 Å². The van der Waals surface area contributed by atoms with E-state index in [2.05, 4.69) is 61.5 Å². The first-order valence-electron chi connectivity index (χ1n) is 8.14. The molecular weight excluding hydrogens is 256 g/mol. The Morgan fingerprint density at radius 2 is 1.62 bits per heavy atom. The van der Waals surface area contributed by atoms with E-state index in [1.807, 2.05) is 0 Å². The van der Waals surface area contributed by atoms with E-state index in [1.165, 1.54) is 36.0 Å². The van der Waals surface area contributed by atoms with Crippen molar-refractivity contribution in [3.8, 4) is 11.1 Å². The van der Waals surface area contributed by atoms with Crippen LogP contribution in [0.15, 0.2) is 54.6 Å². The highest BCUT2D eigenvalue weighted by molar-refractivity contribution is 5.63. The largest absolute Gasteiger partial charge is 0.373 e. The summed E-state index contributed by atoms with van der Waals surface area (Å²) in [5, 5.41) is 0. The maximum atomic E-state index is 6.07. The van der Waals surface area contributed by atoms with Crippen molar-refractivity contribution in [3.63, 3.8) is 0 Å². The normalized spacial score (nSPS) is 22.1. The van der Waals surface area contributed by atoms with Gasteiger partial charge in [0.25, 0.3) is 0 Å². The molecule has 2 atom stereocenters. The van der Waals surface area contributed by atoms with E-state index in [1.54, 1.807) is 0 Å². The molecule has 0 aromatic heterocycles. The molecule has 0 amide bonds. The average molecular weight is 280 g/mol. The van der Waals surface area contributed by atoms with Crippen molar-refractivity contribution in [2.24, 2.45) is 5.92 Å². The van der Waals surface area contributed by atoms with Gasteiger partial charge in [0.05, 0.1) is 12.7 Å². The number of hydrogen-bond acceptors (Lipinski definition) is 1. The predicted octanol–water partition coefficient (Wildman–Crippen LogP) is 5.62. The molecule has 2 aromatic rings. The molecule has 110 valence electrons. The molecule has 1 saturated heterocycles. The Morgan fingerprint density at radius 3 is 2.24 bits per heavy atom. The smallest absolute Gasteiger partial charge is 0.0825 e.